The number of aliphatic carboxylic acids is 1. The van der Waals surface area contributed by atoms with Crippen molar-refractivity contribution in [3.63, 3.8) is 0 Å². The van der Waals surface area contributed by atoms with Crippen molar-refractivity contribution in [3.8, 4) is 0 Å². The van der Waals surface area contributed by atoms with Gasteiger partial charge in [-0.1, -0.05) is 47.5 Å². The van der Waals surface area contributed by atoms with E-state index in [-0.39, 0.29) is 26.4 Å². The first-order valence-electron chi connectivity index (χ1n) is 9.38. The molecule has 32 heavy (non-hydrogen) atoms. The van der Waals surface area contributed by atoms with Crippen LogP contribution in [-0.2, 0) is 14.4 Å². The number of carbonyl (C=O) groups is 3. The lowest BCUT2D eigenvalue weighted by molar-refractivity contribution is -0.140. The first-order chi connectivity index (χ1) is 15.2. The molecule has 0 aliphatic carbocycles. The van der Waals surface area contributed by atoms with E-state index in [2.05, 4.69) is 5.32 Å². The summed E-state index contributed by atoms with van der Waals surface area (Å²) in [5.74, 6) is -2.35. The highest BCUT2D eigenvalue weighted by Crippen LogP contribution is 2.35. The number of carbonyl (C=O) groups excluding carboxylic acids is 2. The van der Waals surface area contributed by atoms with Gasteiger partial charge in [0.2, 0.25) is 0 Å². The molecule has 1 aromatic heterocycles. The van der Waals surface area contributed by atoms with Crippen LogP contribution in [0.1, 0.15) is 18.5 Å². The van der Waals surface area contributed by atoms with E-state index >= 15 is 0 Å². The number of anilines is 1. The number of para-hydroxylation sites is 1. The number of carboxylic acid groups (broad SMARTS) is 1. The van der Waals surface area contributed by atoms with E-state index in [4.69, 9.17) is 35.4 Å². The van der Waals surface area contributed by atoms with Crippen molar-refractivity contribution in [2.75, 3.05) is 4.90 Å². The third-order valence-corrected chi connectivity index (χ3v) is 6.21. The maximum Gasteiger partial charge on any atom is 0.326 e. The number of hydrogen-bond donors (Lipinski definition) is 2. The average Bonchev–Trinajstić information content (AvgIpc) is 3.12. The van der Waals surface area contributed by atoms with E-state index in [1.54, 1.807) is 60.2 Å². The molecule has 0 radical (unpaired) electrons. The summed E-state index contributed by atoms with van der Waals surface area (Å²) in [4.78, 5) is 38.6. The summed E-state index contributed by atoms with van der Waals surface area (Å²) < 4.78 is 1.57. The van der Waals surface area contributed by atoms with Gasteiger partial charge in [-0.25, -0.2) is 4.79 Å². The SMILES string of the molecule is CC(C(=O)O)n1cc(C=C2C(=O)NC(=S)N(c3cccc(Cl)c3Cl)C2=O)c2ccccc21. The predicted molar refractivity (Wildman–Crippen MR) is 127 cm³/mol. The Balaban J connectivity index is 1.85. The summed E-state index contributed by atoms with van der Waals surface area (Å²) >= 11 is 17.6. The van der Waals surface area contributed by atoms with Crippen LogP contribution in [0, 0.1) is 0 Å². The fourth-order valence-corrected chi connectivity index (χ4v) is 4.14. The Labute approximate surface area is 197 Å². The molecule has 1 saturated heterocycles. The number of rotatable bonds is 4. The number of aromatic nitrogens is 1. The van der Waals surface area contributed by atoms with Crippen LogP contribution < -0.4 is 10.2 Å². The van der Waals surface area contributed by atoms with Gasteiger partial charge in [0, 0.05) is 22.7 Å². The van der Waals surface area contributed by atoms with Gasteiger partial charge in [-0.15, -0.1) is 0 Å². The van der Waals surface area contributed by atoms with Crippen LogP contribution in [0.3, 0.4) is 0 Å². The minimum Gasteiger partial charge on any atom is -0.480 e. The molecule has 0 spiro atoms. The largest absolute Gasteiger partial charge is 0.480 e. The van der Waals surface area contributed by atoms with Crippen LogP contribution in [0.2, 0.25) is 10.0 Å². The number of halogens is 2. The lowest BCUT2D eigenvalue weighted by atomic mass is 10.1. The normalized spacial score (nSPS) is 16.5. The number of amides is 2. The Morgan fingerprint density at radius 2 is 1.88 bits per heavy atom. The third kappa shape index (κ3) is 3.66. The topological polar surface area (TPSA) is 91.6 Å². The van der Waals surface area contributed by atoms with Crippen molar-refractivity contribution in [3.05, 3.63) is 69.8 Å². The highest BCUT2D eigenvalue weighted by atomic mass is 35.5. The highest BCUT2D eigenvalue weighted by molar-refractivity contribution is 7.80. The van der Waals surface area contributed by atoms with Crippen LogP contribution >= 0.6 is 35.4 Å². The first-order valence-corrected chi connectivity index (χ1v) is 10.5. The second kappa shape index (κ2) is 8.38. The van der Waals surface area contributed by atoms with Gasteiger partial charge in [-0.05, 0) is 43.4 Å². The summed E-state index contributed by atoms with van der Waals surface area (Å²) in [5, 5.41) is 12.9. The van der Waals surface area contributed by atoms with E-state index in [0.29, 0.717) is 16.5 Å². The number of thiocarbonyl (C=S) groups is 1. The minimum absolute atomic E-state index is 0.118. The van der Waals surface area contributed by atoms with Gasteiger partial charge in [-0.3, -0.25) is 19.8 Å². The number of benzene rings is 2. The second-order valence-electron chi connectivity index (χ2n) is 7.05. The van der Waals surface area contributed by atoms with E-state index in [9.17, 15) is 19.5 Å². The Morgan fingerprint density at radius 3 is 2.59 bits per heavy atom. The number of nitrogens with zero attached hydrogens (tertiary/aromatic N) is 2. The molecule has 2 N–H and O–H groups in total. The van der Waals surface area contributed by atoms with Crippen molar-refractivity contribution < 1.29 is 19.5 Å². The van der Waals surface area contributed by atoms with E-state index in [0.717, 1.165) is 4.90 Å². The van der Waals surface area contributed by atoms with Gasteiger partial charge in [0.1, 0.15) is 11.6 Å². The molecule has 7 nitrogen and oxygen atoms in total. The van der Waals surface area contributed by atoms with Crippen molar-refractivity contribution in [2.24, 2.45) is 0 Å². The summed E-state index contributed by atoms with van der Waals surface area (Å²) in [6.07, 6.45) is 3.01. The molecule has 2 heterocycles. The van der Waals surface area contributed by atoms with E-state index in [1.165, 1.54) is 6.08 Å². The molecule has 1 atom stereocenters. The molecule has 2 aromatic carbocycles. The Hall–Kier alpha value is -3.20. The zero-order valence-electron chi connectivity index (χ0n) is 16.5. The van der Waals surface area contributed by atoms with Crippen LogP contribution in [-0.4, -0.2) is 32.6 Å². The van der Waals surface area contributed by atoms with Crippen molar-refractivity contribution in [2.45, 2.75) is 13.0 Å². The van der Waals surface area contributed by atoms with Crippen LogP contribution in [0.5, 0.6) is 0 Å². The summed E-state index contributed by atoms with van der Waals surface area (Å²) in [6.45, 7) is 1.55. The molecule has 1 fully saturated rings. The van der Waals surface area contributed by atoms with Gasteiger partial charge in [0.15, 0.2) is 5.11 Å². The van der Waals surface area contributed by atoms with E-state index in [1.807, 2.05) is 0 Å². The lowest BCUT2D eigenvalue weighted by Crippen LogP contribution is -2.54. The van der Waals surface area contributed by atoms with Gasteiger partial charge in [-0.2, -0.15) is 0 Å². The summed E-state index contributed by atoms with van der Waals surface area (Å²) in [6, 6.07) is 11.0. The summed E-state index contributed by atoms with van der Waals surface area (Å²) in [5.41, 5.74) is 1.22. The third-order valence-electron chi connectivity index (χ3n) is 5.12. The maximum atomic E-state index is 13.3. The predicted octanol–water partition coefficient (Wildman–Crippen LogP) is 4.43. The fourth-order valence-electron chi connectivity index (χ4n) is 3.48. The standard InChI is InChI=1S/C22H15Cl2N3O4S/c1-11(21(30)31)26-10-12(13-5-2-3-7-16(13)26)9-14-19(28)25-22(32)27(20(14)29)17-8-4-6-15(23)18(17)24/h2-11H,1H3,(H,30,31)(H,25,28,32). The quantitative estimate of drug-likeness (QED) is 0.322. The molecule has 0 saturated carbocycles. The Kier molecular flexibility index (Phi) is 5.77. The van der Waals surface area contributed by atoms with Gasteiger partial charge < -0.3 is 9.67 Å². The summed E-state index contributed by atoms with van der Waals surface area (Å²) in [7, 11) is 0. The average molecular weight is 488 g/mol. The number of fused-ring (bicyclic) bond motifs is 1. The number of hydrogen-bond acceptors (Lipinski definition) is 4. The molecular formula is C22H15Cl2N3O4S. The molecule has 3 aromatic rings. The van der Waals surface area contributed by atoms with Crippen molar-refractivity contribution >= 4 is 81.0 Å². The first kappa shape index (κ1) is 22.0. The van der Waals surface area contributed by atoms with E-state index < -0.39 is 23.8 Å². The molecular weight excluding hydrogens is 473 g/mol. The highest BCUT2D eigenvalue weighted by Gasteiger charge is 2.36. The van der Waals surface area contributed by atoms with Gasteiger partial charge >= 0.3 is 5.97 Å². The van der Waals surface area contributed by atoms with Gasteiger partial charge in [0.05, 0.1) is 15.7 Å². The number of nitrogens with one attached hydrogen (secondary N) is 1. The van der Waals surface area contributed by atoms with Crippen molar-refractivity contribution in [1.82, 2.24) is 9.88 Å². The Morgan fingerprint density at radius 1 is 1.16 bits per heavy atom. The zero-order valence-corrected chi connectivity index (χ0v) is 18.8. The molecule has 1 aliphatic rings. The smallest absolute Gasteiger partial charge is 0.326 e. The molecule has 1 aliphatic heterocycles. The fraction of sp³-hybridized carbons (Fsp3) is 0.0909. The van der Waals surface area contributed by atoms with Gasteiger partial charge in [0.25, 0.3) is 11.8 Å². The minimum atomic E-state index is -1.01. The zero-order chi connectivity index (χ0) is 23.2. The number of carboxylic acids is 1. The molecule has 162 valence electrons. The van der Waals surface area contributed by atoms with Crippen LogP contribution in [0.15, 0.2) is 54.2 Å². The molecule has 0 bridgehead atoms. The molecule has 4 rings (SSSR count). The molecule has 1 unspecified atom stereocenters. The maximum absolute atomic E-state index is 13.3. The molecule has 10 heteroatoms. The van der Waals surface area contributed by atoms with Crippen molar-refractivity contribution in [1.29, 1.82) is 0 Å². The molecule has 2 amide bonds. The second-order valence-corrected chi connectivity index (χ2v) is 8.23. The van der Waals surface area contributed by atoms with Crippen LogP contribution in [0.4, 0.5) is 5.69 Å². The van der Waals surface area contributed by atoms with Crippen LogP contribution in [0.25, 0.3) is 17.0 Å². The lowest BCUT2D eigenvalue weighted by Gasteiger charge is -2.29. The monoisotopic (exact) mass is 487 g/mol. The Bertz CT molecular complexity index is 1350.